The van der Waals surface area contributed by atoms with Crippen LogP contribution in [0.15, 0.2) is 23.3 Å². The molecule has 4 aliphatic rings. The van der Waals surface area contributed by atoms with Gasteiger partial charge < -0.3 is 33.7 Å². The van der Waals surface area contributed by atoms with Gasteiger partial charge in [-0.15, -0.1) is 0 Å². The summed E-state index contributed by atoms with van der Waals surface area (Å²) in [6, 6.07) is -1.19. The number of fused-ring (bicyclic) bond motifs is 3. The minimum atomic E-state index is -5.87. The minimum Gasteiger partial charge on any atom is -0.456 e. The van der Waals surface area contributed by atoms with Crippen molar-refractivity contribution in [2.24, 2.45) is 29.6 Å². The fourth-order valence-electron chi connectivity index (χ4n) is 9.92. The Morgan fingerprint density at radius 2 is 1.59 bits per heavy atom. The predicted molar refractivity (Wildman–Crippen MR) is 225 cm³/mol. The number of carbonyl (C=O) groups excluding carboxylic acids is 4. The number of piperidine rings is 1. The lowest BCUT2D eigenvalue weighted by molar-refractivity contribution is -0.302. The van der Waals surface area contributed by atoms with Gasteiger partial charge in [-0.2, -0.15) is 21.6 Å². The second-order valence-electron chi connectivity index (χ2n) is 18.4. The summed E-state index contributed by atoms with van der Waals surface area (Å²) in [4.78, 5) is 58.0. The third kappa shape index (κ3) is 13.0. The monoisotopic (exact) mass is 921 g/mol. The van der Waals surface area contributed by atoms with Crippen LogP contribution in [0.3, 0.4) is 0 Å². The van der Waals surface area contributed by atoms with Gasteiger partial charge in [0.05, 0.1) is 18.3 Å². The highest BCUT2D eigenvalue weighted by molar-refractivity contribution is 7.87. The number of hydrogen-bond acceptors (Lipinski definition) is 13. The van der Waals surface area contributed by atoms with Crippen molar-refractivity contribution in [2.75, 3.05) is 27.9 Å². The largest absolute Gasteiger partial charge is 0.523 e. The van der Waals surface area contributed by atoms with Crippen LogP contribution >= 0.6 is 0 Å². The summed E-state index contributed by atoms with van der Waals surface area (Å²) in [5.74, 6) is -7.57. The number of Topliss-reactive ketones (excluding diaryl/α,β-unsaturated/α-hetero) is 2. The standard InChI is InChI=1S/C45H70F3NO13S/c1-10-13-32-21-26(2)20-27(3)22-37(58-8)40-38(59-9)24-30(6)44(54,61-40)41(51)42(52)49-19-12-11-14-33(49)43(53)60-39(28(4)15-17-34(32)50)29(5)23-31-16-18-35(36(25-31)57-7)62-63(55,56)45(46,47)48/h21,23,27-28,30-33,35-40,54H,10-20,22,24-25H2,1-9H3. The number of allylic oxidation sites excluding steroid dienone is 3. The lowest BCUT2D eigenvalue weighted by Crippen LogP contribution is -2.64. The third-order valence-electron chi connectivity index (χ3n) is 13.4. The molecule has 1 aliphatic carbocycles. The van der Waals surface area contributed by atoms with E-state index in [1.54, 1.807) is 13.8 Å². The van der Waals surface area contributed by atoms with Crippen LogP contribution in [0.25, 0.3) is 0 Å². The summed E-state index contributed by atoms with van der Waals surface area (Å²) in [7, 11) is -1.59. The second-order valence-corrected chi connectivity index (χ2v) is 20.0. The van der Waals surface area contributed by atoms with Crippen molar-refractivity contribution in [3.8, 4) is 0 Å². The number of ketones is 2. The first-order chi connectivity index (χ1) is 29.5. The molecular formula is C45H70F3NO13S. The van der Waals surface area contributed by atoms with Crippen LogP contribution in [-0.4, -0.2) is 124 Å². The molecule has 4 rings (SSSR count). The van der Waals surface area contributed by atoms with Crippen LogP contribution in [-0.2, 0) is 57.2 Å². The van der Waals surface area contributed by atoms with E-state index in [9.17, 15) is 45.9 Å². The number of carbonyl (C=O) groups is 4. The van der Waals surface area contributed by atoms with E-state index in [-0.39, 0.29) is 68.6 Å². The quantitative estimate of drug-likeness (QED) is 0.0843. The van der Waals surface area contributed by atoms with Crippen LogP contribution in [0.5, 0.6) is 0 Å². The summed E-state index contributed by atoms with van der Waals surface area (Å²) < 4.78 is 97.4. The van der Waals surface area contributed by atoms with E-state index in [0.29, 0.717) is 44.1 Å². The Labute approximate surface area is 371 Å². The molecule has 0 aromatic carbocycles. The molecule has 1 N–H and O–H groups in total. The zero-order valence-corrected chi connectivity index (χ0v) is 39.1. The van der Waals surface area contributed by atoms with E-state index in [0.717, 1.165) is 16.9 Å². The predicted octanol–water partition coefficient (Wildman–Crippen LogP) is 6.77. The molecule has 0 aromatic rings. The van der Waals surface area contributed by atoms with Crippen LogP contribution < -0.4 is 0 Å². The number of aliphatic hydroxyl groups is 1. The Balaban J connectivity index is 1.72. The van der Waals surface area contributed by atoms with E-state index in [1.807, 2.05) is 39.8 Å². The molecule has 0 spiro atoms. The third-order valence-corrected chi connectivity index (χ3v) is 14.5. The van der Waals surface area contributed by atoms with Gasteiger partial charge in [0.25, 0.3) is 11.7 Å². The number of cyclic esters (lactones) is 1. The number of amides is 1. The summed E-state index contributed by atoms with van der Waals surface area (Å²) in [5, 5.41) is 12.1. The fraction of sp³-hybridized carbons (Fsp3) is 0.822. The molecule has 3 fully saturated rings. The molecule has 18 heteroatoms. The highest BCUT2D eigenvalue weighted by Gasteiger charge is 2.57. The number of hydrogen-bond donors (Lipinski definition) is 1. The molecule has 1 amide bonds. The second kappa shape index (κ2) is 22.6. The Hall–Kier alpha value is -2.74. The van der Waals surface area contributed by atoms with Gasteiger partial charge in [-0.25, -0.2) is 4.79 Å². The molecule has 13 unspecified atom stereocenters. The lowest BCUT2D eigenvalue weighted by atomic mass is 9.82. The number of halogens is 3. The first kappa shape index (κ1) is 52.9. The van der Waals surface area contributed by atoms with Gasteiger partial charge in [0.1, 0.15) is 30.1 Å². The zero-order chi connectivity index (χ0) is 47.0. The van der Waals surface area contributed by atoms with Crippen molar-refractivity contribution < 1.29 is 73.7 Å². The molecular weight excluding hydrogens is 852 g/mol. The highest BCUT2D eigenvalue weighted by Crippen LogP contribution is 2.40. The molecule has 13 atom stereocenters. The molecule has 2 bridgehead atoms. The average molecular weight is 922 g/mol. The Kier molecular flexibility index (Phi) is 19.0. The Bertz CT molecular complexity index is 1770. The number of ether oxygens (including phenoxy) is 5. The minimum absolute atomic E-state index is 0.0195. The van der Waals surface area contributed by atoms with Crippen LogP contribution in [0.4, 0.5) is 13.2 Å². The maximum absolute atomic E-state index is 14.4. The van der Waals surface area contributed by atoms with Gasteiger partial charge >= 0.3 is 21.6 Å². The number of alkyl halides is 3. The highest BCUT2D eigenvalue weighted by atomic mass is 32.2. The van der Waals surface area contributed by atoms with Crippen LogP contribution in [0.2, 0.25) is 0 Å². The van der Waals surface area contributed by atoms with Gasteiger partial charge in [0.2, 0.25) is 5.79 Å². The van der Waals surface area contributed by atoms with Gasteiger partial charge in [-0.3, -0.25) is 18.6 Å². The molecule has 3 heterocycles. The van der Waals surface area contributed by atoms with Crippen molar-refractivity contribution >= 4 is 33.6 Å². The van der Waals surface area contributed by atoms with E-state index in [4.69, 9.17) is 23.7 Å². The van der Waals surface area contributed by atoms with Crippen LogP contribution in [0, 0.1) is 29.6 Å². The molecule has 0 aromatic heterocycles. The summed E-state index contributed by atoms with van der Waals surface area (Å²) in [6.45, 7) is 11.3. The SMILES string of the molecule is CCCC1C=C(C)CC(C)CC(OC)C2OC(O)(C(=O)C(=O)N3CCCCC3C(=O)OC(C(C)=CC3CCC(OS(=O)(=O)C(F)(F)F)C(OC)C3)C(C)CCC1=O)C(C)CC2OC. The van der Waals surface area contributed by atoms with E-state index in [1.165, 1.54) is 21.3 Å². The maximum atomic E-state index is 14.4. The zero-order valence-electron chi connectivity index (χ0n) is 38.3. The van der Waals surface area contributed by atoms with Gasteiger partial charge in [0, 0.05) is 46.1 Å². The summed E-state index contributed by atoms with van der Waals surface area (Å²) in [5.41, 5.74) is -4.01. The Morgan fingerprint density at radius 3 is 2.21 bits per heavy atom. The number of methoxy groups -OCH3 is 3. The van der Waals surface area contributed by atoms with Crippen LogP contribution in [0.1, 0.15) is 125 Å². The van der Waals surface area contributed by atoms with Gasteiger partial charge in [-0.1, -0.05) is 51.8 Å². The topological polar surface area (TPSA) is 181 Å². The number of nitrogens with zero attached hydrogens (tertiary/aromatic N) is 1. The van der Waals surface area contributed by atoms with Crippen molar-refractivity contribution in [3.05, 3.63) is 23.3 Å². The maximum Gasteiger partial charge on any atom is 0.523 e. The average Bonchev–Trinajstić information content (AvgIpc) is 3.23. The molecule has 360 valence electrons. The summed E-state index contributed by atoms with van der Waals surface area (Å²) >= 11 is 0. The van der Waals surface area contributed by atoms with Crippen molar-refractivity contribution in [1.29, 1.82) is 0 Å². The first-order valence-corrected chi connectivity index (χ1v) is 23.8. The molecule has 0 radical (unpaired) electrons. The normalized spacial score (nSPS) is 36.8. The fourth-order valence-corrected chi connectivity index (χ4v) is 10.6. The van der Waals surface area contributed by atoms with Crippen molar-refractivity contribution in [1.82, 2.24) is 4.90 Å². The number of esters is 1. The van der Waals surface area contributed by atoms with E-state index >= 15 is 0 Å². The molecule has 14 nitrogen and oxygen atoms in total. The molecule has 2 saturated heterocycles. The van der Waals surface area contributed by atoms with E-state index < -0.39 is 93.6 Å². The van der Waals surface area contributed by atoms with Gasteiger partial charge in [0.15, 0.2) is 0 Å². The van der Waals surface area contributed by atoms with E-state index in [2.05, 4.69) is 4.18 Å². The Morgan fingerprint density at radius 1 is 0.937 bits per heavy atom. The number of rotatable bonds is 9. The smallest absolute Gasteiger partial charge is 0.456 e. The van der Waals surface area contributed by atoms with Crippen molar-refractivity contribution in [2.45, 2.75) is 179 Å². The lowest BCUT2D eigenvalue weighted by Gasteiger charge is -2.47. The molecule has 63 heavy (non-hydrogen) atoms. The van der Waals surface area contributed by atoms with Crippen molar-refractivity contribution in [3.63, 3.8) is 0 Å². The molecule has 3 aliphatic heterocycles. The first-order valence-electron chi connectivity index (χ1n) is 22.4. The van der Waals surface area contributed by atoms with Gasteiger partial charge in [-0.05, 0) is 108 Å². The summed E-state index contributed by atoms with van der Waals surface area (Å²) in [6.07, 6.45) is 3.06. The molecule has 1 saturated carbocycles.